The number of rotatable bonds is 1. The number of carbonyl (C=O) groups excluding carboxylic acids is 1. The maximum absolute atomic E-state index is 11.3. The minimum Gasteiger partial charge on any atom is -0.464 e. The number of methoxy groups -OCH3 is 1. The fourth-order valence-corrected chi connectivity index (χ4v) is 1.44. The average Bonchev–Trinajstić information content (AvgIpc) is 2.56. The number of nitrogens with two attached hydrogens (primary N) is 1. The predicted molar refractivity (Wildman–Crippen MR) is 53.4 cm³/mol. The molecule has 2 rings (SSSR count). The van der Waals surface area contributed by atoms with E-state index in [1.54, 1.807) is 6.07 Å². The summed E-state index contributed by atoms with van der Waals surface area (Å²) in [6.45, 7) is 0. The molecule has 0 aliphatic rings. The van der Waals surface area contributed by atoms with Crippen LogP contribution < -0.4 is 5.84 Å². The number of ether oxygens (including phenoxy) is 1. The van der Waals surface area contributed by atoms with Crippen molar-refractivity contribution in [3.63, 3.8) is 0 Å². The normalized spacial score (nSPS) is 10.4. The molecular formula is C10H10N2O2. The van der Waals surface area contributed by atoms with E-state index in [0.29, 0.717) is 5.69 Å². The molecule has 0 saturated heterocycles. The van der Waals surface area contributed by atoms with Crippen LogP contribution in [0.15, 0.2) is 30.3 Å². The third-order valence-corrected chi connectivity index (χ3v) is 2.14. The van der Waals surface area contributed by atoms with Gasteiger partial charge in [-0.15, -0.1) is 0 Å². The molecule has 0 bridgehead atoms. The van der Waals surface area contributed by atoms with Gasteiger partial charge in [-0.05, 0) is 12.1 Å². The van der Waals surface area contributed by atoms with Crippen LogP contribution in [-0.4, -0.2) is 17.8 Å². The first-order valence-corrected chi connectivity index (χ1v) is 4.18. The maximum Gasteiger partial charge on any atom is 0.356 e. The van der Waals surface area contributed by atoms with Crippen molar-refractivity contribution in [3.05, 3.63) is 36.0 Å². The van der Waals surface area contributed by atoms with E-state index in [1.807, 2.05) is 24.3 Å². The molecule has 4 heteroatoms. The molecule has 0 saturated carbocycles. The van der Waals surface area contributed by atoms with Crippen LogP contribution in [0.4, 0.5) is 0 Å². The first-order valence-electron chi connectivity index (χ1n) is 4.18. The van der Waals surface area contributed by atoms with Crippen LogP contribution in [0.2, 0.25) is 0 Å². The Balaban J connectivity index is 2.68. The second-order valence-electron chi connectivity index (χ2n) is 2.95. The molecule has 14 heavy (non-hydrogen) atoms. The number of benzene rings is 1. The lowest BCUT2D eigenvalue weighted by Crippen LogP contribution is -2.16. The molecule has 0 amide bonds. The molecule has 0 aliphatic carbocycles. The number of esters is 1. The van der Waals surface area contributed by atoms with Gasteiger partial charge in [-0.2, -0.15) is 0 Å². The van der Waals surface area contributed by atoms with Crippen molar-refractivity contribution >= 4 is 16.9 Å². The monoisotopic (exact) mass is 190 g/mol. The summed E-state index contributed by atoms with van der Waals surface area (Å²) in [6, 6.07) is 9.21. The number of para-hydroxylation sites is 1. The number of carbonyl (C=O) groups is 1. The van der Waals surface area contributed by atoms with Gasteiger partial charge in [-0.1, -0.05) is 18.2 Å². The summed E-state index contributed by atoms with van der Waals surface area (Å²) in [4.78, 5) is 11.3. The average molecular weight is 190 g/mol. The molecule has 4 nitrogen and oxygen atoms in total. The van der Waals surface area contributed by atoms with Gasteiger partial charge in [0.25, 0.3) is 0 Å². The number of fused-ring (bicyclic) bond motifs is 1. The van der Waals surface area contributed by atoms with Crippen LogP contribution in [0, 0.1) is 0 Å². The molecule has 0 atom stereocenters. The van der Waals surface area contributed by atoms with Gasteiger partial charge < -0.3 is 10.6 Å². The van der Waals surface area contributed by atoms with Gasteiger partial charge in [0, 0.05) is 5.39 Å². The summed E-state index contributed by atoms with van der Waals surface area (Å²) in [5, 5.41) is 0.926. The second kappa shape index (κ2) is 3.06. The van der Waals surface area contributed by atoms with E-state index in [1.165, 1.54) is 11.8 Å². The van der Waals surface area contributed by atoms with Crippen LogP contribution >= 0.6 is 0 Å². The Kier molecular flexibility index (Phi) is 1.89. The lowest BCUT2D eigenvalue weighted by Gasteiger charge is -2.00. The molecule has 1 aromatic heterocycles. The first-order chi connectivity index (χ1) is 6.74. The fourth-order valence-electron chi connectivity index (χ4n) is 1.44. The minimum absolute atomic E-state index is 0.355. The third-order valence-electron chi connectivity index (χ3n) is 2.14. The minimum atomic E-state index is -0.427. The van der Waals surface area contributed by atoms with Crippen LogP contribution in [-0.2, 0) is 4.74 Å². The number of hydrogen-bond donors (Lipinski definition) is 1. The van der Waals surface area contributed by atoms with E-state index in [-0.39, 0.29) is 0 Å². The highest BCUT2D eigenvalue weighted by Gasteiger charge is 2.13. The van der Waals surface area contributed by atoms with Crippen molar-refractivity contribution in [2.75, 3.05) is 13.0 Å². The molecule has 0 spiro atoms. The zero-order valence-corrected chi connectivity index (χ0v) is 7.73. The van der Waals surface area contributed by atoms with E-state index >= 15 is 0 Å². The van der Waals surface area contributed by atoms with Gasteiger partial charge in [-0.25, -0.2) is 4.79 Å². The Labute approximate surface area is 80.8 Å². The Morgan fingerprint density at radius 1 is 1.43 bits per heavy atom. The SMILES string of the molecule is COC(=O)c1cc2ccccc2n1N. The zero-order chi connectivity index (χ0) is 10.1. The number of nitrogen functional groups attached to an aromatic ring is 1. The molecule has 0 fully saturated rings. The lowest BCUT2D eigenvalue weighted by molar-refractivity contribution is 0.0591. The smallest absolute Gasteiger partial charge is 0.356 e. The largest absolute Gasteiger partial charge is 0.464 e. The number of hydrogen-bond acceptors (Lipinski definition) is 3. The molecule has 2 N–H and O–H groups in total. The first kappa shape index (κ1) is 8.62. The Morgan fingerprint density at radius 2 is 2.14 bits per heavy atom. The van der Waals surface area contributed by atoms with Gasteiger partial charge in [0.05, 0.1) is 12.6 Å². The van der Waals surface area contributed by atoms with E-state index in [0.717, 1.165) is 10.9 Å². The summed E-state index contributed by atoms with van der Waals surface area (Å²) in [6.07, 6.45) is 0. The summed E-state index contributed by atoms with van der Waals surface area (Å²) in [5.41, 5.74) is 1.17. The zero-order valence-electron chi connectivity index (χ0n) is 7.73. The molecule has 1 heterocycles. The Morgan fingerprint density at radius 3 is 2.79 bits per heavy atom. The molecule has 0 unspecified atom stereocenters. The van der Waals surface area contributed by atoms with Gasteiger partial charge >= 0.3 is 5.97 Å². The Bertz CT molecular complexity index is 488. The fraction of sp³-hybridized carbons (Fsp3) is 0.100. The van der Waals surface area contributed by atoms with Crippen molar-refractivity contribution in [3.8, 4) is 0 Å². The van der Waals surface area contributed by atoms with Crippen LogP contribution in [0.25, 0.3) is 10.9 Å². The van der Waals surface area contributed by atoms with Crippen LogP contribution in [0.5, 0.6) is 0 Å². The van der Waals surface area contributed by atoms with Crippen molar-refractivity contribution in [1.29, 1.82) is 0 Å². The van der Waals surface area contributed by atoms with E-state index < -0.39 is 5.97 Å². The van der Waals surface area contributed by atoms with Gasteiger partial charge in [-0.3, -0.25) is 4.68 Å². The van der Waals surface area contributed by atoms with E-state index in [2.05, 4.69) is 4.74 Å². The molecule has 0 radical (unpaired) electrons. The van der Waals surface area contributed by atoms with Gasteiger partial charge in [0.1, 0.15) is 5.69 Å². The van der Waals surface area contributed by atoms with Crippen molar-refractivity contribution in [2.45, 2.75) is 0 Å². The van der Waals surface area contributed by atoms with Crippen molar-refractivity contribution in [1.82, 2.24) is 4.68 Å². The standard InChI is InChI=1S/C10H10N2O2/c1-14-10(13)9-6-7-4-2-3-5-8(7)12(9)11/h2-6H,11H2,1H3. The van der Waals surface area contributed by atoms with Crippen molar-refractivity contribution < 1.29 is 9.53 Å². The van der Waals surface area contributed by atoms with Crippen LogP contribution in [0.3, 0.4) is 0 Å². The maximum atomic E-state index is 11.3. The predicted octanol–water partition coefficient (Wildman–Crippen LogP) is 1.14. The molecule has 0 aliphatic heterocycles. The highest BCUT2D eigenvalue weighted by Crippen LogP contribution is 2.17. The quantitative estimate of drug-likeness (QED) is 0.542. The Hall–Kier alpha value is -1.97. The third kappa shape index (κ3) is 1.12. The van der Waals surface area contributed by atoms with E-state index in [4.69, 9.17) is 5.84 Å². The summed E-state index contributed by atoms with van der Waals surface area (Å²) in [5.74, 6) is 5.30. The van der Waals surface area contributed by atoms with Crippen LogP contribution in [0.1, 0.15) is 10.5 Å². The molecule has 1 aromatic carbocycles. The van der Waals surface area contributed by atoms with E-state index in [9.17, 15) is 4.79 Å². The molecule has 2 aromatic rings. The summed E-state index contributed by atoms with van der Waals surface area (Å²) in [7, 11) is 1.33. The summed E-state index contributed by atoms with van der Waals surface area (Å²) < 4.78 is 5.94. The van der Waals surface area contributed by atoms with Gasteiger partial charge in [0.15, 0.2) is 0 Å². The van der Waals surface area contributed by atoms with Gasteiger partial charge in [0.2, 0.25) is 0 Å². The second-order valence-corrected chi connectivity index (χ2v) is 2.95. The lowest BCUT2D eigenvalue weighted by atomic mass is 10.2. The topological polar surface area (TPSA) is 57.2 Å². The highest BCUT2D eigenvalue weighted by molar-refractivity contribution is 5.95. The highest BCUT2D eigenvalue weighted by atomic mass is 16.5. The van der Waals surface area contributed by atoms with Crippen molar-refractivity contribution in [2.24, 2.45) is 0 Å². The number of nitrogens with zero attached hydrogens (tertiary/aromatic N) is 1. The summed E-state index contributed by atoms with van der Waals surface area (Å²) >= 11 is 0. The number of aromatic nitrogens is 1. The molecule has 72 valence electrons. The molecular weight excluding hydrogens is 180 g/mol.